The molecule has 1 aliphatic heterocycles. The van der Waals surface area contributed by atoms with E-state index in [9.17, 15) is 22.8 Å². The molecule has 1 saturated heterocycles. The van der Waals surface area contributed by atoms with E-state index in [2.05, 4.69) is 5.32 Å². The SMILES string of the molecule is CCn1c(C)cc(/C=C2\C(=O)NC(=S)N(c3cccc(C(F)(F)F)c3)C2=O)c1C. The van der Waals surface area contributed by atoms with Crippen molar-refractivity contribution in [2.24, 2.45) is 0 Å². The van der Waals surface area contributed by atoms with Gasteiger partial charge in [-0.1, -0.05) is 6.07 Å². The second-order valence-corrected chi connectivity index (χ2v) is 6.96. The molecule has 1 N–H and O–H groups in total. The van der Waals surface area contributed by atoms with Gasteiger partial charge in [-0.3, -0.25) is 19.8 Å². The number of alkyl halides is 3. The quantitative estimate of drug-likeness (QED) is 0.464. The number of rotatable bonds is 3. The molecule has 0 atom stereocenters. The predicted molar refractivity (Wildman–Crippen MR) is 107 cm³/mol. The molecule has 2 amide bonds. The summed E-state index contributed by atoms with van der Waals surface area (Å²) in [4.78, 5) is 26.3. The number of nitrogens with one attached hydrogen (secondary N) is 1. The van der Waals surface area contributed by atoms with Crippen LogP contribution >= 0.6 is 12.2 Å². The Bertz CT molecular complexity index is 1050. The number of hydrogen-bond donors (Lipinski definition) is 1. The van der Waals surface area contributed by atoms with Crippen LogP contribution < -0.4 is 10.2 Å². The van der Waals surface area contributed by atoms with E-state index in [-0.39, 0.29) is 16.4 Å². The highest BCUT2D eigenvalue weighted by atomic mass is 32.1. The third kappa shape index (κ3) is 3.82. The van der Waals surface area contributed by atoms with E-state index >= 15 is 0 Å². The first-order valence-electron chi connectivity index (χ1n) is 8.80. The van der Waals surface area contributed by atoms with E-state index in [4.69, 9.17) is 12.2 Å². The molecule has 1 aromatic heterocycles. The van der Waals surface area contributed by atoms with E-state index in [0.29, 0.717) is 5.56 Å². The van der Waals surface area contributed by atoms with Crippen LogP contribution in [0, 0.1) is 13.8 Å². The van der Waals surface area contributed by atoms with Gasteiger partial charge in [-0.2, -0.15) is 13.2 Å². The Morgan fingerprint density at radius 3 is 2.45 bits per heavy atom. The lowest BCUT2D eigenvalue weighted by molar-refractivity contribution is -0.137. The topological polar surface area (TPSA) is 54.3 Å². The van der Waals surface area contributed by atoms with E-state index in [0.717, 1.165) is 35.0 Å². The van der Waals surface area contributed by atoms with Crippen molar-refractivity contribution < 1.29 is 22.8 Å². The Labute approximate surface area is 170 Å². The smallest absolute Gasteiger partial charge is 0.349 e. The molecule has 1 aromatic carbocycles. The van der Waals surface area contributed by atoms with Crippen molar-refractivity contribution in [1.29, 1.82) is 0 Å². The maximum absolute atomic E-state index is 13.1. The summed E-state index contributed by atoms with van der Waals surface area (Å²) in [5.74, 6) is -1.47. The second kappa shape index (κ2) is 7.47. The normalized spacial score (nSPS) is 16.6. The lowest BCUT2D eigenvalue weighted by atomic mass is 10.1. The van der Waals surface area contributed by atoms with Crippen LogP contribution in [0.15, 0.2) is 35.9 Å². The van der Waals surface area contributed by atoms with Gasteiger partial charge in [0.25, 0.3) is 11.8 Å². The molecular formula is C20H18F3N3O2S. The van der Waals surface area contributed by atoms with Crippen LogP contribution in [0.4, 0.5) is 18.9 Å². The highest BCUT2D eigenvalue weighted by Gasteiger charge is 2.36. The van der Waals surface area contributed by atoms with Crippen LogP contribution in [0.2, 0.25) is 0 Å². The van der Waals surface area contributed by atoms with Gasteiger partial charge in [-0.05, 0) is 68.9 Å². The molecule has 152 valence electrons. The minimum atomic E-state index is -4.57. The zero-order valence-electron chi connectivity index (χ0n) is 15.9. The van der Waals surface area contributed by atoms with Gasteiger partial charge in [-0.15, -0.1) is 0 Å². The van der Waals surface area contributed by atoms with Gasteiger partial charge in [0.1, 0.15) is 5.57 Å². The van der Waals surface area contributed by atoms with Gasteiger partial charge in [-0.25, -0.2) is 0 Å². The average Bonchev–Trinajstić information content (AvgIpc) is 2.90. The Morgan fingerprint density at radius 1 is 1.17 bits per heavy atom. The number of benzene rings is 1. The summed E-state index contributed by atoms with van der Waals surface area (Å²) in [7, 11) is 0. The average molecular weight is 421 g/mol. The van der Waals surface area contributed by atoms with Crippen LogP contribution in [-0.4, -0.2) is 21.5 Å². The first kappa shape index (κ1) is 20.8. The monoisotopic (exact) mass is 421 g/mol. The lowest BCUT2D eigenvalue weighted by Crippen LogP contribution is -2.54. The van der Waals surface area contributed by atoms with Crippen molar-refractivity contribution in [2.75, 3.05) is 4.90 Å². The van der Waals surface area contributed by atoms with Gasteiger partial charge in [0.2, 0.25) is 0 Å². The summed E-state index contributed by atoms with van der Waals surface area (Å²) in [6.07, 6.45) is -3.13. The maximum atomic E-state index is 13.1. The third-order valence-electron chi connectivity index (χ3n) is 4.76. The second-order valence-electron chi connectivity index (χ2n) is 6.58. The molecule has 0 aliphatic carbocycles. The number of carbonyl (C=O) groups is 2. The van der Waals surface area contributed by atoms with Gasteiger partial charge >= 0.3 is 6.18 Å². The summed E-state index contributed by atoms with van der Waals surface area (Å²) in [5, 5.41) is 2.11. The highest BCUT2D eigenvalue weighted by molar-refractivity contribution is 7.80. The Morgan fingerprint density at radius 2 is 1.86 bits per heavy atom. The van der Waals surface area contributed by atoms with Crippen molar-refractivity contribution in [3.05, 3.63) is 58.4 Å². The van der Waals surface area contributed by atoms with Crippen molar-refractivity contribution in [3.63, 3.8) is 0 Å². The fraction of sp³-hybridized carbons (Fsp3) is 0.250. The summed E-state index contributed by atoms with van der Waals surface area (Å²) < 4.78 is 41.2. The van der Waals surface area contributed by atoms with E-state index in [1.165, 1.54) is 18.2 Å². The van der Waals surface area contributed by atoms with E-state index in [1.807, 2.05) is 31.4 Å². The molecule has 1 aliphatic rings. The molecule has 2 heterocycles. The number of aryl methyl sites for hydroxylation is 1. The number of amides is 2. The lowest BCUT2D eigenvalue weighted by Gasteiger charge is -2.29. The fourth-order valence-corrected chi connectivity index (χ4v) is 3.61. The minimum absolute atomic E-state index is 0.0697. The number of halogens is 3. The first-order valence-corrected chi connectivity index (χ1v) is 9.21. The highest BCUT2D eigenvalue weighted by Crippen LogP contribution is 2.32. The zero-order chi connectivity index (χ0) is 21.5. The molecule has 0 unspecified atom stereocenters. The number of aromatic nitrogens is 1. The van der Waals surface area contributed by atoms with Crippen LogP contribution in [0.5, 0.6) is 0 Å². The van der Waals surface area contributed by atoms with E-state index < -0.39 is 23.6 Å². The number of anilines is 1. The summed E-state index contributed by atoms with van der Waals surface area (Å²) >= 11 is 5.05. The summed E-state index contributed by atoms with van der Waals surface area (Å²) in [6, 6.07) is 6.08. The van der Waals surface area contributed by atoms with Crippen molar-refractivity contribution in [3.8, 4) is 0 Å². The van der Waals surface area contributed by atoms with Crippen molar-refractivity contribution in [2.45, 2.75) is 33.5 Å². The van der Waals surface area contributed by atoms with Crippen LogP contribution in [0.1, 0.15) is 29.4 Å². The molecule has 0 radical (unpaired) electrons. The molecule has 0 saturated carbocycles. The minimum Gasteiger partial charge on any atom is -0.349 e. The van der Waals surface area contributed by atoms with Crippen molar-refractivity contribution in [1.82, 2.24) is 9.88 Å². The van der Waals surface area contributed by atoms with Gasteiger partial charge in [0.15, 0.2) is 5.11 Å². The molecule has 9 heteroatoms. The zero-order valence-corrected chi connectivity index (χ0v) is 16.7. The molecule has 29 heavy (non-hydrogen) atoms. The summed E-state index contributed by atoms with van der Waals surface area (Å²) in [5.41, 5.74) is 1.33. The van der Waals surface area contributed by atoms with Crippen LogP contribution in [0.3, 0.4) is 0 Å². The fourth-order valence-electron chi connectivity index (χ4n) is 3.33. The molecule has 0 spiro atoms. The van der Waals surface area contributed by atoms with Crippen LogP contribution in [0.25, 0.3) is 6.08 Å². The molecular weight excluding hydrogens is 403 g/mol. The Kier molecular flexibility index (Phi) is 5.36. The standard InChI is InChI=1S/C20H18F3N3O2S/c1-4-25-11(2)8-13(12(25)3)9-16-17(27)24-19(29)26(18(16)28)15-7-5-6-14(10-15)20(21,22)23/h5-10H,4H2,1-3H3,(H,24,27,29)/b16-9+. The predicted octanol–water partition coefficient (Wildman–Crippen LogP) is 3.97. The van der Waals surface area contributed by atoms with Gasteiger partial charge < -0.3 is 4.57 Å². The Hall–Kier alpha value is -2.94. The maximum Gasteiger partial charge on any atom is 0.416 e. The number of carbonyl (C=O) groups excluding carboxylic acids is 2. The summed E-state index contributed by atoms with van der Waals surface area (Å²) in [6.45, 7) is 6.47. The van der Waals surface area contributed by atoms with Crippen molar-refractivity contribution >= 4 is 40.9 Å². The number of thiocarbonyl (C=S) groups is 1. The Balaban J connectivity index is 2.06. The van der Waals surface area contributed by atoms with Gasteiger partial charge in [0.05, 0.1) is 11.3 Å². The molecule has 3 rings (SSSR count). The largest absolute Gasteiger partial charge is 0.416 e. The molecule has 2 aromatic rings. The molecule has 0 bridgehead atoms. The molecule has 5 nitrogen and oxygen atoms in total. The van der Waals surface area contributed by atoms with E-state index in [1.54, 1.807) is 0 Å². The molecule has 1 fully saturated rings. The third-order valence-corrected chi connectivity index (χ3v) is 5.05. The number of nitrogens with zero attached hydrogens (tertiary/aromatic N) is 2. The van der Waals surface area contributed by atoms with Gasteiger partial charge in [0, 0.05) is 17.9 Å². The first-order chi connectivity index (χ1) is 13.5. The number of hydrogen-bond acceptors (Lipinski definition) is 3. The van der Waals surface area contributed by atoms with Crippen LogP contribution in [-0.2, 0) is 22.3 Å².